The van der Waals surface area contributed by atoms with Gasteiger partial charge in [-0.05, 0) is 12.1 Å². The highest BCUT2D eigenvalue weighted by Crippen LogP contribution is 2.17. The largest absolute Gasteiger partial charge is 0.425 e. The maximum absolute atomic E-state index is 10.0. The van der Waals surface area contributed by atoms with E-state index in [2.05, 4.69) is 4.98 Å². The lowest BCUT2D eigenvalue weighted by Crippen LogP contribution is -2.21. The maximum atomic E-state index is 10.0. The quantitative estimate of drug-likeness (QED) is 0.638. The average molecular weight is 237 g/mol. The van der Waals surface area contributed by atoms with E-state index < -0.39 is 0 Å². The van der Waals surface area contributed by atoms with Crippen LogP contribution in [0.2, 0.25) is 0 Å². The minimum absolute atomic E-state index is 0.0412. The molecule has 0 radical (unpaired) electrons. The molecule has 0 atom stereocenters. The van der Waals surface area contributed by atoms with E-state index in [0.717, 1.165) is 10.3 Å². The Labute approximate surface area is 103 Å². The van der Waals surface area contributed by atoms with Crippen molar-refractivity contribution in [2.45, 2.75) is 0 Å². The Bertz CT molecular complexity index is 763. The number of hydrogen-bond donors (Lipinski definition) is 2. The van der Waals surface area contributed by atoms with Crippen LogP contribution in [0.4, 0.5) is 0 Å². The summed E-state index contributed by atoms with van der Waals surface area (Å²) in [6.45, 7) is 0. The molecule has 0 fully saturated rings. The molecule has 0 spiro atoms. The Kier molecular flexibility index (Phi) is 2.34. The van der Waals surface area contributed by atoms with Gasteiger partial charge in [-0.2, -0.15) is 0 Å². The van der Waals surface area contributed by atoms with Crippen molar-refractivity contribution in [1.29, 1.82) is 5.41 Å². The Morgan fingerprint density at radius 2 is 1.61 bits per heavy atom. The molecule has 2 aromatic carbocycles. The van der Waals surface area contributed by atoms with Gasteiger partial charge in [-0.1, -0.05) is 42.5 Å². The minimum atomic E-state index is 0.0412. The number of benzene rings is 2. The molecule has 2 N–H and O–H groups in total. The van der Waals surface area contributed by atoms with E-state index in [-0.39, 0.29) is 5.49 Å². The van der Waals surface area contributed by atoms with Crippen LogP contribution in [0.5, 0.6) is 0 Å². The van der Waals surface area contributed by atoms with Gasteiger partial charge >= 0.3 is 0 Å². The lowest BCUT2D eigenvalue weighted by Gasteiger charge is -2.08. The zero-order valence-corrected chi connectivity index (χ0v) is 9.54. The molecule has 1 aromatic heterocycles. The van der Waals surface area contributed by atoms with Crippen LogP contribution in [-0.4, -0.2) is 14.9 Å². The first-order valence-corrected chi connectivity index (χ1v) is 5.58. The van der Waals surface area contributed by atoms with Gasteiger partial charge in [0, 0.05) is 10.9 Å². The summed E-state index contributed by atoms with van der Waals surface area (Å²) in [4.78, 5) is 4.40. The second-order valence-electron chi connectivity index (χ2n) is 3.98. The molecule has 0 saturated carbocycles. The number of hydrogen-bond acceptors (Lipinski definition) is 3. The molecule has 0 bridgehead atoms. The van der Waals surface area contributed by atoms with Crippen LogP contribution in [0, 0.1) is 5.41 Å². The van der Waals surface area contributed by atoms with Crippen molar-refractivity contribution in [3.05, 3.63) is 60.1 Å². The summed E-state index contributed by atoms with van der Waals surface area (Å²) in [5, 5.41) is 18.6. The molecular weight excluding hydrogens is 226 g/mol. The Morgan fingerprint density at radius 1 is 0.944 bits per heavy atom. The third-order valence-electron chi connectivity index (χ3n) is 2.83. The molecule has 4 nitrogen and oxygen atoms in total. The van der Waals surface area contributed by atoms with Crippen LogP contribution in [-0.2, 0) is 0 Å². The van der Waals surface area contributed by atoms with Crippen LogP contribution in [0.15, 0.2) is 54.6 Å². The van der Waals surface area contributed by atoms with Crippen molar-refractivity contribution in [2.75, 3.05) is 0 Å². The van der Waals surface area contributed by atoms with E-state index in [0.29, 0.717) is 16.7 Å². The van der Waals surface area contributed by atoms with Gasteiger partial charge in [0.25, 0.3) is 0 Å². The molecule has 3 aromatic rings. The summed E-state index contributed by atoms with van der Waals surface area (Å²) in [7, 11) is 0. The van der Waals surface area contributed by atoms with Crippen LogP contribution in [0.1, 0.15) is 0 Å². The highest BCUT2D eigenvalue weighted by atomic mass is 16.5. The standard InChI is InChI=1S/C14H11N3O/c15-13-11-8-4-5-9-12(11)16-14(17(13)18)10-6-2-1-3-7-10/h1-9,15,18H. The predicted octanol–water partition coefficient (Wildman–Crippen LogP) is 2.42. The van der Waals surface area contributed by atoms with E-state index in [1.165, 1.54) is 0 Å². The van der Waals surface area contributed by atoms with Crippen LogP contribution >= 0.6 is 0 Å². The van der Waals surface area contributed by atoms with Crippen molar-refractivity contribution >= 4 is 10.9 Å². The number of fused-ring (bicyclic) bond motifs is 1. The van der Waals surface area contributed by atoms with Gasteiger partial charge in [0.1, 0.15) is 0 Å². The number of para-hydroxylation sites is 1. The Balaban J connectivity index is 2.38. The molecule has 88 valence electrons. The highest BCUT2D eigenvalue weighted by molar-refractivity contribution is 5.79. The number of nitrogens with zero attached hydrogens (tertiary/aromatic N) is 2. The van der Waals surface area contributed by atoms with Crippen molar-refractivity contribution in [3.63, 3.8) is 0 Å². The number of rotatable bonds is 1. The van der Waals surface area contributed by atoms with E-state index in [1.807, 2.05) is 48.5 Å². The fraction of sp³-hybridized carbons (Fsp3) is 0. The highest BCUT2D eigenvalue weighted by Gasteiger charge is 2.08. The lowest BCUT2D eigenvalue weighted by atomic mass is 10.2. The lowest BCUT2D eigenvalue weighted by molar-refractivity contribution is 0.174. The van der Waals surface area contributed by atoms with E-state index in [4.69, 9.17) is 5.41 Å². The first-order chi connectivity index (χ1) is 8.77. The third-order valence-corrected chi connectivity index (χ3v) is 2.83. The van der Waals surface area contributed by atoms with Gasteiger partial charge in [0.2, 0.25) is 0 Å². The van der Waals surface area contributed by atoms with E-state index in [1.54, 1.807) is 6.07 Å². The zero-order valence-electron chi connectivity index (χ0n) is 9.54. The van der Waals surface area contributed by atoms with Crippen LogP contribution < -0.4 is 5.49 Å². The van der Waals surface area contributed by atoms with Gasteiger partial charge in [-0.25, -0.2) is 4.98 Å². The topological polar surface area (TPSA) is 61.9 Å². The summed E-state index contributed by atoms with van der Waals surface area (Å²) in [6, 6.07) is 16.6. The summed E-state index contributed by atoms with van der Waals surface area (Å²) < 4.78 is 0.817. The first kappa shape index (κ1) is 10.5. The van der Waals surface area contributed by atoms with Gasteiger partial charge in [-0.3, -0.25) is 5.41 Å². The minimum Gasteiger partial charge on any atom is -0.425 e. The van der Waals surface area contributed by atoms with Crippen molar-refractivity contribution in [2.24, 2.45) is 0 Å². The van der Waals surface area contributed by atoms with Gasteiger partial charge < -0.3 is 5.21 Å². The van der Waals surface area contributed by atoms with Crippen LogP contribution in [0.3, 0.4) is 0 Å². The molecule has 4 heteroatoms. The second kappa shape index (κ2) is 4.00. The summed E-state index contributed by atoms with van der Waals surface area (Å²) in [5.74, 6) is 0.374. The molecule has 0 amide bonds. The van der Waals surface area contributed by atoms with Crippen molar-refractivity contribution in [1.82, 2.24) is 9.71 Å². The smallest absolute Gasteiger partial charge is 0.178 e. The molecule has 1 heterocycles. The Hall–Kier alpha value is -2.62. The second-order valence-corrected chi connectivity index (χ2v) is 3.98. The molecule has 0 aliphatic carbocycles. The predicted molar refractivity (Wildman–Crippen MR) is 68.2 cm³/mol. The SMILES string of the molecule is N=c1c2ccccc2nc(-c2ccccc2)n1O. The average Bonchev–Trinajstić information content (AvgIpc) is 2.44. The fourth-order valence-corrected chi connectivity index (χ4v) is 1.93. The van der Waals surface area contributed by atoms with Gasteiger partial charge in [0.15, 0.2) is 11.3 Å². The molecule has 0 aliphatic rings. The molecule has 0 aliphatic heterocycles. The van der Waals surface area contributed by atoms with Crippen LogP contribution in [0.25, 0.3) is 22.3 Å². The summed E-state index contributed by atoms with van der Waals surface area (Å²) >= 11 is 0. The third kappa shape index (κ3) is 1.55. The monoisotopic (exact) mass is 237 g/mol. The van der Waals surface area contributed by atoms with Gasteiger partial charge in [-0.15, -0.1) is 4.73 Å². The normalized spacial score (nSPS) is 10.7. The fourth-order valence-electron chi connectivity index (χ4n) is 1.93. The number of aromatic nitrogens is 2. The zero-order chi connectivity index (χ0) is 12.5. The molecular formula is C14H11N3O. The molecule has 3 rings (SSSR count). The molecule has 18 heavy (non-hydrogen) atoms. The molecule has 0 saturated heterocycles. The van der Waals surface area contributed by atoms with Crippen molar-refractivity contribution in [3.8, 4) is 11.4 Å². The van der Waals surface area contributed by atoms with E-state index in [9.17, 15) is 5.21 Å². The van der Waals surface area contributed by atoms with E-state index >= 15 is 0 Å². The number of nitrogens with one attached hydrogen (secondary N) is 1. The maximum Gasteiger partial charge on any atom is 0.178 e. The Morgan fingerprint density at radius 3 is 2.39 bits per heavy atom. The first-order valence-electron chi connectivity index (χ1n) is 5.58. The van der Waals surface area contributed by atoms with Gasteiger partial charge in [0.05, 0.1) is 5.52 Å². The molecule has 0 unspecified atom stereocenters. The summed E-state index contributed by atoms with van der Waals surface area (Å²) in [5.41, 5.74) is 1.52. The summed E-state index contributed by atoms with van der Waals surface area (Å²) in [6.07, 6.45) is 0. The van der Waals surface area contributed by atoms with Crippen molar-refractivity contribution < 1.29 is 5.21 Å².